The first-order valence-corrected chi connectivity index (χ1v) is 11.0. The Balaban J connectivity index is 2.11. The molecular weight excluding hydrogens is 434 g/mol. The molecule has 1 unspecified atom stereocenters. The summed E-state index contributed by atoms with van der Waals surface area (Å²) in [5.41, 5.74) is 6.70. The van der Waals surface area contributed by atoms with E-state index < -0.39 is 22.6 Å². The lowest BCUT2D eigenvalue weighted by Gasteiger charge is -2.37. The highest BCUT2D eigenvalue weighted by Gasteiger charge is 2.49. The van der Waals surface area contributed by atoms with Crippen molar-refractivity contribution in [1.82, 2.24) is 5.01 Å². The number of benzene rings is 2. The van der Waals surface area contributed by atoms with Crippen LogP contribution < -0.4 is 5.73 Å². The minimum absolute atomic E-state index is 0.00492. The van der Waals surface area contributed by atoms with E-state index in [0.717, 1.165) is 23.8 Å². The Kier molecular flexibility index (Phi) is 7.63. The fourth-order valence-corrected chi connectivity index (χ4v) is 4.89. The van der Waals surface area contributed by atoms with Crippen molar-refractivity contribution in [3.8, 4) is 0 Å². The third-order valence-electron chi connectivity index (χ3n) is 5.33. The number of amides is 1. The van der Waals surface area contributed by atoms with Crippen molar-refractivity contribution in [3.63, 3.8) is 0 Å². The first kappa shape index (κ1) is 23.9. The second kappa shape index (κ2) is 10.2. The SMILES string of the molecule is CN=C(N)CCCC1(c2ccccc2)SC(c2cc(F)ccc2F)=NN1C(=O)[C@H](C)OC. The number of nitrogens with two attached hydrogens (primary N) is 1. The summed E-state index contributed by atoms with van der Waals surface area (Å²) in [4.78, 5) is 16.3. The standard InChI is InChI=1S/C23H26F2N4O2S/c1-15(31-3)22(30)29-23(13-7-10-20(26)27-2,16-8-5-4-6-9-16)32-21(28-29)18-14-17(24)11-12-19(18)25/h4-6,8-9,11-12,14-15H,7,10,13H2,1-3H3,(H2,26,27)/t15-,23?/m0/s1. The minimum Gasteiger partial charge on any atom is -0.387 e. The van der Waals surface area contributed by atoms with Crippen LogP contribution in [0.25, 0.3) is 0 Å². The van der Waals surface area contributed by atoms with E-state index >= 15 is 0 Å². The summed E-state index contributed by atoms with van der Waals surface area (Å²) in [6.07, 6.45) is 0.813. The Morgan fingerprint density at radius 3 is 2.66 bits per heavy atom. The van der Waals surface area contributed by atoms with Crippen molar-refractivity contribution in [2.75, 3.05) is 14.2 Å². The molecule has 2 aromatic rings. The van der Waals surface area contributed by atoms with E-state index in [2.05, 4.69) is 10.1 Å². The molecule has 2 atom stereocenters. The number of rotatable bonds is 8. The molecule has 0 radical (unpaired) electrons. The Hall–Kier alpha value is -2.78. The van der Waals surface area contributed by atoms with Crippen LogP contribution in [0.1, 0.15) is 37.3 Å². The topological polar surface area (TPSA) is 80.3 Å². The summed E-state index contributed by atoms with van der Waals surface area (Å²) >= 11 is 1.22. The normalized spacial score (nSPS) is 19.7. The molecule has 0 aromatic heterocycles. The predicted octanol–water partition coefficient (Wildman–Crippen LogP) is 4.25. The molecular formula is C23H26F2N4O2S. The Labute approximate surface area is 190 Å². The summed E-state index contributed by atoms with van der Waals surface area (Å²) in [5.74, 6) is -1.09. The third-order valence-corrected chi connectivity index (χ3v) is 6.77. The molecule has 1 heterocycles. The van der Waals surface area contributed by atoms with Crippen molar-refractivity contribution in [1.29, 1.82) is 0 Å². The number of carbonyl (C=O) groups excluding carboxylic acids is 1. The number of hydrazone groups is 1. The average molecular weight is 461 g/mol. The van der Waals surface area contributed by atoms with Gasteiger partial charge in [-0.15, -0.1) is 0 Å². The fourth-order valence-electron chi connectivity index (χ4n) is 3.47. The van der Waals surface area contributed by atoms with E-state index in [1.54, 1.807) is 14.0 Å². The van der Waals surface area contributed by atoms with Gasteiger partial charge in [-0.2, -0.15) is 5.10 Å². The van der Waals surface area contributed by atoms with Gasteiger partial charge in [0.15, 0.2) is 0 Å². The van der Waals surface area contributed by atoms with Gasteiger partial charge in [-0.3, -0.25) is 9.79 Å². The monoisotopic (exact) mass is 460 g/mol. The highest BCUT2D eigenvalue weighted by Crippen LogP contribution is 2.51. The maximum atomic E-state index is 14.6. The van der Waals surface area contributed by atoms with Gasteiger partial charge in [0.05, 0.1) is 5.84 Å². The lowest BCUT2D eigenvalue weighted by molar-refractivity contribution is -0.144. The molecule has 2 aromatic carbocycles. The van der Waals surface area contributed by atoms with Crippen LogP contribution >= 0.6 is 11.8 Å². The number of halogens is 2. The van der Waals surface area contributed by atoms with E-state index in [1.165, 1.54) is 23.9 Å². The van der Waals surface area contributed by atoms with Crippen molar-refractivity contribution in [2.24, 2.45) is 15.8 Å². The van der Waals surface area contributed by atoms with Gasteiger partial charge in [-0.1, -0.05) is 42.1 Å². The van der Waals surface area contributed by atoms with E-state index in [-0.39, 0.29) is 16.5 Å². The third kappa shape index (κ3) is 4.83. The molecule has 0 aliphatic carbocycles. The molecule has 0 fully saturated rings. The molecule has 0 saturated carbocycles. The van der Waals surface area contributed by atoms with Gasteiger partial charge in [0, 0.05) is 26.1 Å². The summed E-state index contributed by atoms with van der Waals surface area (Å²) in [6, 6.07) is 12.6. The van der Waals surface area contributed by atoms with E-state index in [9.17, 15) is 13.6 Å². The van der Waals surface area contributed by atoms with Crippen LogP contribution in [0, 0.1) is 11.6 Å². The smallest absolute Gasteiger partial charge is 0.273 e. The van der Waals surface area contributed by atoms with Gasteiger partial charge in [0.2, 0.25) is 0 Å². The van der Waals surface area contributed by atoms with E-state index in [1.807, 2.05) is 30.3 Å². The zero-order valence-corrected chi connectivity index (χ0v) is 19.0. The lowest BCUT2D eigenvalue weighted by Crippen LogP contribution is -2.45. The molecule has 1 aliphatic rings. The zero-order chi connectivity index (χ0) is 23.3. The van der Waals surface area contributed by atoms with E-state index in [4.69, 9.17) is 10.5 Å². The molecule has 32 heavy (non-hydrogen) atoms. The van der Waals surface area contributed by atoms with Crippen molar-refractivity contribution < 1.29 is 18.3 Å². The van der Waals surface area contributed by atoms with E-state index in [0.29, 0.717) is 25.1 Å². The summed E-state index contributed by atoms with van der Waals surface area (Å²) in [5, 5.41) is 6.06. The van der Waals surface area contributed by atoms with Gasteiger partial charge in [0.25, 0.3) is 5.91 Å². The van der Waals surface area contributed by atoms with Gasteiger partial charge in [-0.05, 0) is 43.5 Å². The maximum absolute atomic E-state index is 14.6. The number of hydrogen-bond donors (Lipinski definition) is 1. The molecule has 6 nitrogen and oxygen atoms in total. The second-order valence-corrected chi connectivity index (χ2v) is 8.64. The van der Waals surface area contributed by atoms with Crippen LogP contribution in [-0.2, 0) is 14.4 Å². The fraction of sp³-hybridized carbons (Fsp3) is 0.348. The molecule has 1 aliphatic heterocycles. The number of methoxy groups -OCH3 is 1. The zero-order valence-electron chi connectivity index (χ0n) is 18.2. The molecule has 170 valence electrons. The van der Waals surface area contributed by atoms with Gasteiger partial charge in [0.1, 0.15) is 27.7 Å². The highest BCUT2D eigenvalue weighted by atomic mass is 32.2. The second-order valence-electron chi connectivity index (χ2n) is 7.38. The largest absolute Gasteiger partial charge is 0.387 e. The Bertz CT molecular complexity index is 1030. The van der Waals surface area contributed by atoms with Gasteiger partial charge in [-0.25, -0.2) is 13.8 Å². The van der Waals surface area contributed by atoms with Crippen LogP contribution in [0.5, 0.6) is 0 Å². The number of ether oxygens (including phenoxy) is 1. The lowest BCUT2D eigenvalue weighted by atomic mass is 9.98. The van der Waals surface area contributed by atoms with Gasteiger partial charge < -0.3 is 10.5 Å². The summed E-state index contributed by atoms with van der Waals surface area (Å²) in [6.45, 7) is 1.63. The highest BCUT2D eigenvalue weighted by molar-refractivity contribution is 8.15. The average Bonchev–Trinajstić information content (AvgIpc) is 3.20. The number of carbonyl (C=O) groups is 1. The van der Waals surface area contributed by atoms with Crippen LogP contribution in [0.4, 0.5) is 8.78 Å². The first-order valence-electron chi connectivity index (χ1n) is 10.2. The molecule has 3 rings (SSSR count). The maximum Gasteiger partial charge on any atom is 0.273 e. The Morgan fingerprint density at radius 2 is 2.00 bits per heavy atom. The molecule has 0 spiro atoms. The number of hydrogen-bond acceptors (Lipinski definition) is 5. The van der Waals surface area contributed by atoms with Crippen LogP contribution in [0.15, 0.2) is 58.6 Å². The van der Waals surface area contributed by atoms with Crippen LogP contribution in [0.3, 0.4) is 0 Å². The first-order chi connectivity index (χ1) is 15.3. The van der Waals surface area contributed by atoms with Gasteiger partial charge >= 0.3 is 0 Å². The molecule has 1 amide bonds. The molecule has 0 saturated heterocycles. The number of amidine groups is 1. The molecule has 9 heteroatoms. The van der Waals surface area contributed by atoms with Crippen LogP contribution in [-0.4, -0.2) is 42.1 Å². The Morgan fingerprint density at radius 1 is 1.28 bits per heavy atom. The van der Waals surface area contributed by atoms with Crippen molar-refractivity contribution in [2.45, 2.75) is 37.2 Å². The number of aliphatic imine (C=N–C) groups is 1. The summed E-state index contributed by atoms with van der Waals surface area (Å²) in [7, 11) is 3.06. The minimum atomic E-state index is -0.979. The molecule has 0 bridgehead atoms. The number of thioether (sulfide) groups is 1. The molecule has 2 N–H and O–H groups in total. The van der Waals surface area contributed by atoms with Crippen molar-refractivity contribution >= 4 is 28.5 Å². The van der Waals surface area contributed by atoms with Crippen molar-refractivity contribution in [3.05, 3.63) is 71.3 Å². The summed E-state index contributed by atoms with van der Waals surface area (Å²) < 4.78 is 33.8. The van der Waals surface area contributed by atoms with Crippen LogP contribution in [0.2, 0.25) is 0 Å². The quantitative estimate of drug-likeness (QED) is 0.472. The predicted molar refractivity (Wildman–Crippen MR) is 123 cm³/mol. The number of nitrogens with zero attached hydrogens (tertiary/aromatic N) is 3.